The molecule has 4 heterocycles. The Bertz CT molecular complexity index is 4490. The van der Waals surface area contributed by atoms with Gasteiger partial charge in [0.2, 0.25) is 0 Å². The zero-order chi connectivity index (χ0) is 51.0. The van der Waals surface area contributed by atoms with Gasteiger partial charge in [0.05, 0.1) is 89.6 Å². The van der Waals surface area contributed by atoms with Crippen LogP contribution in [0.4, 0.5) is 0 Å². The molecule has 10 aromatic carbocycles. The van der Waals surface area contributed by atoms with Gasteiger partial charge >= 0.3 is 22.8 Å². The Labute approximate surface area is 432 Å². The average Bonchev–Trinajstić information content (AvgIpc) is 4.21. The summed E-state index contributed by atoms with van der Waals surface area (Å²) in [6.45, 7) is 0. The second kappa shape index (κ2) is 17.5. The normalized spacial score (nSPS) is 11.6. The zero-order valence-corrected chi connectivity index (χ0v) is 40.5. The van der Waals surface area contributed by atoms with Crippen LogP contribution in [0.1, 0.15) is 0 Å². The van der Waals surface area contributed by atoms with Crippen LogP contribution >= 0.6 is 0 Å². The summed E-state index contributed by atoms with van der Waals surface area (Å²) >= 11 is 0. The molecule has 4 aromatic heterocycles. The third-order valence-corrected chi connectivity index (χ3v) is 14.3. The molecular formula is C64H42N8O4. The number of benzene rings is 10. The van der Waals surface area contributed by atoms with Crippen molar-refractivity contribution < 1.29 is 0 Å². The number of fused-ring (bicyclic) bond motifs is 4. The third kappa shape index (κ3) is 6.85. The van der Waals surface area contributed by atoms with Gasteiger partial charge in [-0.15, -0.1) is 0 Å². The lowest BCUT2D eigenvalue weighted by atomic mass is 10.0. The lowest BCUT2D eigenvalue weighted by molar-refractivity contribution is 0.919. The molecule has 0 spiro atoms. The maximum atomic E-state index is 14.6. The lowest BCUT2D eigenvalue weighted by Crippen LogP contribution is -2.23. The van der Waals surface area contributed by atoms with Crippen LogP contribution in [-0.2, 0) is 0 Å². The van der Waals surface area contributed by atoms with Gasteiger partial charge in [-0.1, -0.05) is 109 Å². The first kappa shape index (κ1) is 44.0. The minimum atomic E-state index is -0.230. The Hall–Kier alpha value is -10.7. The fourth-order valence-electron chi connectivity index (χ4n) is 10.9. The molecule has 12 heteroatoms. The molecule has 0 saturated carbocycles. The van der Waals surface area contributed by atoms with E-state index >= 15 is 0 Å². The molecule has 0 fully saturated rings. The largest absolute Gasteiger partial charge is 0.338 e. The van der Waals surface area contributed by atoms with Crippen LogP contribution in [0, 0.1) is 0 Å². The minimum Gasteiger partial charge on any atom is -0.260 e. The van der Waals surface area contributed by atoms with Gasteiger partial charge in [0.15, 0.2) is 0 Å². The summed E-state index contributed by atoms with van der Waals surface area (Å²) in [6, 6.07) is 80.9. The van der Waals surface area contributed by atoms with Gasteiger partial charge in [0.25, 0.3) is 0 Å². The molecule has 14 rings (SSSR count). The van der Waals surface area contributed by atoms with Crippen LogP contribution in [0.15, 0.2) is 274 Å². The highest BCUT2D eigenvalue weighted by Crippen LogP contribution is 2.29. The van der Waals surface area contributed by atoms with Gasteiger partial charge in [0.1, 0.15) is 0 Å². The molecule has 362 valence electrons. The van der Waals surface area contributed by atoms with Crippen molar-refractivity contribution in [2.45, 2.75) is 0 Å². The third-order valence-electron chi connectivity index (χ3n) is 14.3. The predicted octanol–water partition coefficient (Wildman–Crippen LogP) is 11.7. The molecule has 0 aliphatic heterocycles. The van der Waals surface area contributed by atoms with Crippen molar-refractivity contribution in [1.29, 1.82) is 0 Å². The van der Waals surface area contributed by atoms with E-state index in [0.717, 1.165) is 66.6 Å². The summed E-state index contributed by atoms with van der Waals surface area (Å²) in [4.78, 5) is 57.3. The van der Waals surface area contributed by atoms with Crippen molar-refractivity contribution in [3.8, 4) is 56.6 Å². The van der Waals surface area contributed by atoms with Gasteiger partial charge in [0, 0.05) is 0 Å². The molecule has 76 heavy (non-hydrogen) atoms. The highest BCUT2D eigenvalue weighted by atomic mass is 16.2. The first-order valence-corrected chi connectivity index (χ1v) is 24.8. The number of hydrogen-bond acceptors (Lipinski definition) is 4. The Morgan fingerprint density at radius 1 is 0.158 bits per heavy atom. The molecule has 0 atom stereocenters. The molecule has 0 aliphatic rings. The SMILES string of the molecule is O=c1n(-c2ccccc2)c2ccccc2n1-c1ccc(-n2c(=O)n(-c3ccc(-c4ccc(-n5c(=O)n(-c6ccc(-n7c(=O)n(-c8ccccc8)c8ccccc87)cc6)c6ccccc65)cc4)cc3)c3ccccc32)cc1. The van der Waals surface area contributed by atoms with E-state index in [-0.39, 0.29) is 22.8 Å². The first-order valence-electron chi connectivity index (χ1n) is 24.8. The van der Waals surface area contributed by atoms with E-state index in [1.54, 1.807) is 36.5 Å². The van der Waals surface area contributed by atoms with Crippen molar-refractivity contribution in [2.75, 3.05) is 0 Å². The summed E-state index contributed by atoms with van der Waals surface area (Å²) in [5.41, 5.74) is 12.8. The van der Waals surface area contributed by atoms with Crippen LogP contribution < -0.4 is 22.8 Å². The topological polar surface area (TPSA) is 108 Å². The lowest BCUT2D eigenvalue weighted by Gasteiger charge is -2.08. The molecule has 0 unspecified atom stereocenters. The van der Waals surface area contributed by atoms with Gasteiger partial charge in [-0.3, -0.25) is 36.5 Å². The fourth-order valence-corrected chi connectivity index (χ4v) is 10.9. The van der Waals surface area contributed by atoms with Crippen LogP contribution in [0.3, 0.4) is 0 Å². The summed E-state index contributed by atoms with van der Waals surface area (Å²) in [6.07, 6.45) is 0. The monoisotopic (exact) mass is 986 g/mol. The number of aromatic nitrogens is 8. The fraction of sp³-hybridized carbons (Fsp3) is 0. The minimum absolute atomic E-state index is 0.186. The van der Waals surface area contributed by atoms with E-state index in [4.69, 9.17) is 0 Å². The Kier molecular flexibility index (Phi) is 10.1. The molecule has 0 amide bonds. The molecule has 0 aliphatic carbocycles. The van der Waals surface area contributed by atoms with Gasteiger partial charge < -0.3 is 0 Å². The first-order chi connectivity index (χ1) is 37.4. The van der Waals surface area contributed by atoms with Crippen molar-refractivity contribution in [2.24, 2.45) is 0 Å². The van der Waals surface area contributed by atoms with Crippen molar-refractivity contribution in [1.82, 2.24) is 36.5 Å². The second-order valence-electron chi connectivity index (χ2n) is 18.6. The van der Waals surface area contributed by atoms with E-state index in [1.165, 1.54) is 0 Å². The molecule has 14 aromatic rings. The number of para-hydroxylation sites is 10. The van der Waals surface area contributed by atoms with E-state index in [9.17, 15) is 19.2 Å². The van der Waals surface area contributed by atoms with E-state index in [1.807, 2.05) is 255 Å². The zero-order valence-electron chi connectivity index (χ0n) is 40.5. The standard InChI is InChI=1S/C64H42N8O4/c73-61-65(45-15-3-1-4-16-45)53-19-7-9-21-55(53)69(61)49-35-39-51(40-36-49)71-59-25-13-11-23-57(59)67(63(71)75)47-31-27-43(28-32-47)44-29-33-48(34-30-44)68-58-24-12-14-26-60(58)72(64(68)76)52-41-37-50(38-42-52)70-56-22-10-8-20-54(56)66(62(70)74)46-17-5-2-6-18-46/h1-42H. The molecular weight excluding hydrogens is 945 g/mol. The van der Waals surface area contributed by atoms with E-state index < -0.39 is 0 Å². The van der Waals surface area contributed by atoms with Crippen molar-refractivity contribution in [3.05, 3.63) is 297 Å². The number of hydrogen-bond donors (Lipinski definition) is 0. The summed E-state index contributed by atoms with van der Waals surface area (Å²) in [5.74, 6) is 0. The average molecular weight is 987 g/mol. The van der Waals surface area contributed by atoms with Crippen LogP contribution in [-0.4, -0.2) is 36.5 Å². The molecule has 0 bridgehead atoms. The van der Waals surface area contributed by atoms with E-state index in [2.05, 4.69) is 0 Å². The smallest absolute Gasteiger partial charge is 0.260 e. The predicted molar refractivity (Wildman–Crippen MR) is 302 cm³/mol. The van der Waals surface area contributed by atoms with Crippen LogP contribution in [0.5, 0.6) is 0 Å². The second-order valence-corrected chi connectivity index (χ2v) is 18.6. The maximum absolute atomic E-state index is 14.6. The highest BCUT2D eigenvalue weighted by Gasteiger charge is 2.21. The Morgan fingerprint density at radius 2 is 0.303 bits per heavy atom. The maximum Gasteiger partial charge on any atom is 0.338 e. The van der Waals surface area contributed by atoms with E-state index in [0.29, 0.717) is 34.1 Å². The number of nitrogens with zero attached hydrogens (tertiary/aromatic N) is 8. The molecule has 12 nitrogen and oxygen atoms in total. The molecule has 0 saturated heterocycles. The summed E-state index contributed by atoms with van der Waals surface area (Å²) in [5, 5.41) is 0. The summed E-state index contributed by atoms with van der Waals surface area (Å²) in [7, 11) is 0. The molecule has 0 radical (unpaired) electrons. The number of rotatable bonds is 9. The Morgan fingerprint density at radius 3 is 0.487 bits per heavy atom. The highest BCUT2D eigenvalue weighted by molar-refractivity contribution is 5.84. The van der Waals surface area contributed by atoms with Gasteiger partial charge in [-0.25, -0.2) is 19.2 Å². The number of imidazole rings is 4. The quantitative estimate of drug-likeness (QED) is 0.143. The van der Waals surface area contributed by atoms with Crippen LogP contribution in [0.2, 0.25) is 0 Å². The van der Waals surface area contributed by atoms with Crippen molar-refractivity contribution in [3.63, 3.8) is 0 Å². The van der Waals surface area contributed by atoms with Crippen molar-refractivity contribution >= 4 is 44.1 Å². The summed E-state index contributed by atoms with van der Waals surface area (Å²) < 4.78 is 13.7. The van der Waals surface area contributed by atoms with Gasteiger partial charge in [-0.05, 0) is 157 Å². The Balaban J connectivity index is 0.760. The molecule has 0 N–H and O–H groups in total. The van der Waals surface area contributed by atoms with Crippen LogP contribution in [0.25, 0.3) is 101 Å². The van der Waals surface area contributed by atoms with Gasteiger partial charge in [-0.2, -0.15) is 0 Å².